The summed E-state index contributed by atoms with van der Waals surface area (Å²) in [5.41, 5.74) is 4.10. The molecule has 1 N–H and O–H groups in total. The fraction of sp³-hybridized carbons (Fsp3) is 0.240. The molecule has 0 bridgehead atoms. The molecule has 0 aromatic heterocycles. The predicted molar refractivity (Wildman–Crippen MR) is 121 cm³/mol. The van der Waals surface area contributed by atoms with E-state index in [1.807, 2.05) is 60.7 Å². The van der Waals surface area contributed by atoms with Crippen LogP contribution < -0.4 is 15.1 Å². The minimum Gasteiger partial charge on any atom is -0.368 e. The monoisotopic (exact) mass is 403 g/mol. The SMILES string of the molecule is O=C(CCc1ccccc1)Nc1ccccc1N1CCN(c2ccc(F)cc2)CC1. The Bertz CT molecular complexity index is 967. The number of amides is 1. The Morgan fingerprint density at radius 3 is 2.17 bits per heavy atom. The fourth-order valence-electron chi connectivity index (χ4n) is 3.83. The molecule has 3 aromatic rings. The molecule has 5 heteroatoms. The second kappa shape index (κ2) is 9.44. The molecular weight excluding hydrogens is 377 g/mol. The van der Waals surface area contributed by atoms with E-state index in [-0.39, 0.29) is 11.7 Å². The lowest BCUT2D eigenvalue weighted by atomic mass is 10.1. The van der Waals surface area contributed by atoms with Crippen molar-refractivity contribution >= 4 is 23.0 Å². The molecule has 0 saturated carbocycles. The number of para-hydroxylation sites is 2. The highest BCUT2D eigenvalue weighted by atomic mass is 19.1. The van der Waals surface area contributed by atoms with E-state index in [4.69, 9.17) is 0 Å². The number of hydrogen-bond donors (Lipinski definition) is 1. The topological polar surface area (TPSA) is 35.6 Å². The second-order valence-corrected chi connectivity index (χ2v) is 7.50. The Balaban J connectivity index is 1.36. The molecule has 154 valence electrons. The summed E-state index contributed by atoms with van der Waals surface area (Å²) in [6, 6.07) is 24.7. The Hall–Kier alpha value is -3.34. The molecule has 0 unspecified atom stereocenters. The highest BCUT2D eigenvalue weighted by molar-refractivity contribution is 5.94. The van der Waals surface area contributed by atoms with Crippen LogP contribution in [0.2, 0.25) is 0 Å². The van der Waals surface area contributed by atoms with Crippen molar-refractivity contribution in [2.24, 2.45) is 0 Å². The molecule has 4 nitrogen and oxygen atoms in total. The Morgan fingerprint density at radius 1 is 0.800 bits per heavy atom. The summed E-state index contributed by atoms with van der Waals surface area (Å²) < 4.78 is 13.2. The van der Waals surface area contributed by atoms with Crippen LogP contribution in [-0.2, 0) is 11.2 Å². The van der Waals surface area contributed by atoms with E-state index in [2.05, 4.69) is 21.2 Å². The van der Waals surface area contributed by atoms with Gasteiger partial charge in [-0.1, -0.05) is 42.5 Å². The first-order valence-electron chi connectivity index (χ1n) is 10.4. The number of carbonyl (C=O) groups excluding carboxylic acids is 1. The maximum Gasteiger partial charge on any atom is 0.224 e. The lowest BCUT2D eigenvalue weighted by molar-refractivity contribution is -0.116. The van der Waals surface area contributed by atoms with Gasteiger partial charge >= 0.3 is 0 Å². The summed E-state index contributed by atoms with van der Waals surface area (Å²) in [5, 5.41) is 3.09. The molecule has 0 radical (unpaired) electrons. The first kappa shape index (κ1) is 20.0. The third kappa shape index (κ3) is 4.98. The van der Waals surface area contributed by atoms with Crippen molar-refractivity contribution in [3.05, 3.63) is 90.2 Å². The van der Waals surface area contributed by atoms with Crippen molar-refractivity contribution in [3.8, 4) is 0 Å². The van der Waals surface area contributed by atoms with E-state index in [1.165, 1.54) is 12.1 Å². The summed E-state index contributed by atoms with van der Waals surface area (Å²) >= 11 is 0. The van der Waals surface area contributed by atoms with Gasteiger partial charge in [-0.05, 0) is 48.4 Å². The summed E-state index contributed by atoms with van der Waals surface area (Å²) in [6.45, 7) is 3.38. The van der Waals surface area contributed by atoms with Gasteiger partial charge in [-0.15, -0.1) is 0 Å². The molecule has 3 aromatic carbocycles. The Labute approximate surface area is 176 Å². The van der Waals surface area contributed by atoms with Gasteiger partial charge in [0.15, 0.2) is 0 Å². The van der Waals surface area contributed by atoms with Crippen LogP contribution in [-0.4, -0.2) is 32.1 Å². The van der Waals surface area contributed by atoms with E-state index in [0.717, 1.165) is 55.2 Å². The third-order valence-corrected chi connectivity index (χ3v) is 5.47. The quantitative estimate of drug-likeness (QED) is 0.647. The smallest absolute Gasteiger partial charge is 0.224 e. The van der Waals surface area contributed by atoms with Crippen LogP contribution in [0.15, 0.2) is 78.9 Å². The molecular formula is C25H26FN3O. The number of halogens is 1. The summed E-state index contributed by atoms with van der Waals surface area (Å²) in [7, 11) is 0. The van der Waals surface area contributed by atoms with Crippen LogP contribution in [0.1, 0.15) is 12.0 Å². The molecule has 1 saturated heterocycles. The van der Waals surface area contributed by atoms with Crippen molar-refractivity contribution in [2.75, 3.05) is 41.3 Å². The number of carbonyl (C=O) groups is 1. The van der Waals surface area contributed by atoms with Gasteiger partial charge < -0.3 is 15.1 Å². The number of aryl methyl sites for hydroxylation is 1. The van der Waals surface area contributed by atoms with E-state index < -0.39 is 0 Å². The lowest BCUT2D eigenvalue weighted by Crippen LogP contribution is -2.46. The number of rotatable bonds is 6. The fourth-order valence-corrected chi connectivity index (χ4v) is 3.83. The summed E-state index contributed by atoms with van der Waals surface area (Å²) in [4.78, 5) is 17.1. The minimum atomic E-state index is -0.214. The average Bonchev–Trinajstić information content (AvgIpc) is 2.79. The molecule has 1 heterocycles. The van der Waals surface area contributed by atoms with Crippen LogP contribution >= 0.6 is 0 Å². The molecule has 0 spiro atoms. The van der Waals surface area contributed by atoms with E-state index in [1.54, 1.807) is 0 Å². The number of nitrogens with zero attached hydrogens (tertiary/aromatic N) is 2. The number of nitrogens with one attached hydrogen (secondary N) is 1. The van der Waals surface area contributed by atoms with Gasteiger partial charge in [0.1, 0.15) is 5.82 Å². The predicted octanol–water partition coefficient (Wildman–Crippen LogP) is 4.72. The van der Waals surface area contributed by atoms with Crippen LogP contribution in [0, 0.1) is 5.82 Å². The van der Waals surface area contributed by atoms with E-state index in [9.17, 15) is 9.18 Å². The zero-order valence-electron chi connectivity index (χ0n) is 16.9. The Morgan fingerprint density at radius 2 is 1.43 bits per heavy atom. The molecule has 1 amide bonds. The van der Waals surface area contributed by atoms with Gasteiger partial charge in [0, 0.05) is 38.3 Å². The molecule has 4 rings (SSSR count). The first-order valence-corrected chi connectivity index (χ1v) is 10.4. The van der Waals surface area contributed by atoms with Crippen LogP contribution in [0.3, 0.4) is 0 Å². The highest BCUT2D eigenvalue weighted by Crippen LogP contribution is 2.28. The average molecular weight is 404 g/mol. The minimum absolute atomic E-state index is 0.0243. The zero-order valence-corrected chi connectivity index (χ0v) is 16.9. The van der Waals surface area contributed by atoms with Gasteiger partial charge in [-0.25, -0.2) is 4.39 Å². The van der Waals surface area contributed by atoms with Gasteiger partial charge in [0.05, 0.1) is 11.4 Å². The van der Waals surface area contributed by atoms with E-state index in [0.29, 0.717) is 6.42 Å². The molecule has 1 aliphatic heterocycles. The zero-order chi connectivity index (χ0) is 20.8. The highest BCUT2D eigenvalue weighted by Gasteiger charge is 2.20. The van der Waals surface area contributed by atoms with Gasteiger partial charge in [0.2, 0.25) is 5.91 Å². The second-order valence-electron chi connectivity index (χ2n) is 7.50. The van der Waals surface area contributed by atoms with Crippen molar-refractivity contribution < 1.29 is 9.18 Å². The standard InChI is InChI=1S/C25H26FN3O/c26-21-11-13-22(14-12-21)28-16-18-29(19-17-28)24-9-5-4-8-23(24)27-25(30)15-10-20-6-2-1-3-7-20/h1-9,11-14H,10,15-19H2,(H,27,30). The van der Waals surface area contributed by atoms with Crippen LogP contribution in [0.4, 0.5) is 21.5 Å². The summed E-state index contributed by atoms with van der Waals surface area (Å²) in [5.74, 6) is -0.189. The summed E-state index contributed by atoms with van der Waals surface area (Å²) in [6.07, 6.45) is 1.18. The number of anilines is 3. The largest absolute Gasteiger partial charge is 0.368 e. The number of benzene rings is 3. The van der Waals surface area contributed by atoms with Crippen molar-refractivity contribution in [2.45, 2.75) is 12.8 Å². The lowest BCUT2D eigenvalue weighted by Gasteiger charge is -2.38. The first-order chi connectivity index (χ1) is 14.7. The normalized spacial score (nSPS) is 13.9. The third-order valence-electron chi connectivity index (χ3n) is 5.47. The molecule has 1 aliphatic rings. The van der Waals surface area contributed by atoms with E-state index >= 15 is 0 Å². The maximum atomic E-state index is 13.2. The Kier molecular flexibility index (Phi) is 6.28. The maximum absolute atomic E-state index is 13.2. The van der Waals surface area contributed by atoms with Crippen molar-refractivity contribution in [1.29, 1.82) is 0 Å². The van der Waals surface area contributed by atoms with Crippen molar-refractivity contribution in [3.63, 3.8) is 0 Å². The van der Waals surface area contributed by atoms with Gasteiger partial charge in [0.25, 0.3) is 0 Å². The van der Waals surface area contributed by atoms with Crippen molar-refractivity contribution in [1.82, 2.24) is 0 Å². The molecule has 1 fully saturated rings. The molecule has 30 heavy (non-hydrogen) atoms. The van der Waals surface area contributed by atoms with Crippen LogP contribution in [0.5, 0.6) is 0 Å². The molecule has 0 atom stereocenters. The van der Waals surface area contributed by atoms with Gasteiger partial charge in [-0.3, -0.25) is 4.79 Å². The van der Waals surface area contributed by atoms with Gasteiger partial charge in [-0.2, -0.15) is 0 Å². The molecule has 0 aliphatic carbocycles. The number of piperazine rings is 1. The van der Waals surface area contributed by atoms with Crippen LogP contribution in [0.25, 0.3) is 0 Å². The number of hydrogen-bond acceptors (Lipinski definition) is 3.